The zero-order valence-corrected chi connectivity index (χ0v) is 25.2. The van der Waals surface area contributed by atoms with E-state index in [1.54, 1.807) is 0 Å². The smallest absolute Gasteiger partial charge is 0.171 e. The van der Waals surface area contributed by atoms with Crippen LogP contribution < -0.4 is 4.74 Å². The molecule has 0 radical (unpaired) electrons. The molecule has 0 saturated carbocycles. The number of para-hydroxylation sites is 1. The van der Waals surface area contributed by atoms with Crippen LogP contribution in [0.1, 0.15) is 40.9 Å². The molecule has 0 fully saturated rings. The molecule has 1 aliphatic carbocycles. The molecule has 7 aromatic carbocycles. The van der Waals surface area contributed by atoms with Crippen LogP contribution in [0.5, 0.6) is 11.5 Å². The quantitative estimate of drug-likeness (QED) is 0.191. The minimum absolute atomic E-state index is 0.0700. The molecular weight excluding hydrogens is 548 g/mol. The zero-order chi connectivity index (χ0) is 30.3. The van der Waals surface area contributed by atoms with Crippen molar-refractivity contribution in [3.63, 3.8) is 0 Å². The van der Waals surface area contributed by atoms with Crippen molar-refractivity contribution in [2.75, 3.05) is 0 Å². The first-order valence-electron chi connectivity index (χ1n) is 15.6. The Kier molecular flexibility index (Phi) is 5.49. The molecule has 0 N–H and O–H groups in total. The molecule has 0 spiro atoms. The van der Waals surface area contributed by atoms with Crippen LogP contribution >= 0.6 is 0 Å². The van der Waals surface area contributed by atoms with Crippen molar-refractivity contribution in [3.8, 4) is 44.9 Å². The van der Waals surface area contributed by atoms with Gasteiger partial charge in [0.2, 0.25) is 0 Å². The molecule has 2 heteroatoms. The van der Waals surface area contributed by atoms with Crippen LogP contribution in [0.4, 0.5) is 0 Å². The highest BCUT2D eigenvalue weighted by atomic mass is 16.5. The van der Waals surface area contributed by atoms with E-state index in [1.165, 1.54) is 38.4 Å². The van der Waals surface area contributed by atoms with Gasteiger partial charge in [0.05, 0.1) is 5.56 Å². The van der Waals surface area contributed by atoms with Crippen molar-refractivity contribution in [1.29, 1.82) is 0 Å². The standard InChI is InChI=1S/C43H30O2/c1-43(2)37-15-6-5-12-35(37)36-22-20-29(24-38(36)43)34-14-7-10-30-25-39(44)41-33(13-8-16-40(41)45-42(30)34)28-19-21-32-27(23-28)18-17-26-9-3-4-11-31(26)32/h3-24H,25H2,1-2H3. The Hall–Kier alpha value is -5.47. The molecule has 0 aromatic heterocycles. The summed E-state index contributed by atoms with van der Waals surface area (Å²) < 4.78 is 6.78. The predicted molar refractivity (Wildman–Crippen MR) is 184 cm³/mol. The number of ketones is 1. The van der Waals surface area contributed by atoms with Gasteiger partial charge in [0.25, 0.3) is 0 Å². The Balaban J connectivity index is 1.15. The highest BCUT2D eigenvalue weighted by Crippen LogP contribution is 2.51. The second kappa shape index (κ2) is 9.51. The molecule has 0 amide bonds. The third-order valence-corrected chi connectivity index (χ3v) is 9.92. The lowest BCUT2D eigenvalue weighted by Crippen LogP contribution is -2.14. The molecule has 1 aliphatic heterocycles. The summed E-state index contributed by atoms with van der Waals surface area (Å²) in [6, 6.07) is 46.9. The normalized spacial score (nSPS) is 14.3. The average molecular weight is 579 g/mol. The van der Waals surface area contributed by atoms with Gasteiger partial charge in [-0.1, -0.05) is 129 Å². The van der Waals surface area contributed by atoms with Crippen LogP contribution in [-0.4, -0.2) is 5.78 Å². The van der Waals surface area contributed by atoms with Gasteiger partial charge >= 0.3 is 0 Å². The summed E-state index contributed by atoms with van der Waals surface area (Å²) in [6.07, 6.45) is 0.285. The summed E-state index contributed by atoms with van der Waals surface area (Å²) in [6.45, 7) is 4.60. The third-order valence-electron chi connectivity index (χ3n) is 9.92. The lowest BCUT2D eigenvalue weighted by Gasteiger charge is -2.22. The van der Waals surface area contributed by atoms with Gasteiger partial charge in [-0.05, 0) is 78.7 Å². The first-order valence-corrected chi connectivity index (χ1v) is 15.6. The molecule has 9 rings (SSSR count). The van der Waals surface area contributed by atoms with E-state index in [1.807, 2.05) is 30.3 Å². The highest BCUT2D eigenvalue weighted by molar-refractivity contribution is 6.10. The number of carbonyl (C=O) groups is 1. The highest BCUT2D eigenvalue weighted by Gasteiger charge is 2.35. The van der Waals surface area contributed by atoms with E-state index in [0.717, 1.165) is 39.0 Å². The number of Topliss-reactive ketones (excluding diaryl/α,β-unsaturated/α-hetero) is 1. The fourth-order valence-electron chi connectivity index (χ4n) is 7.64. The fraction of sp³-hybridized carbons (Fsp3) is 0.0930. The van der Waals surface area contributed by atoms with Gasteiger partial charge in [-0.25, -0.2) is 0 Å². The van der Waals surface area contributed by atoms with Crippen LogP contribution in [0, 0.1) is 0 Å². The predicted octanol–water partition coefficient (Wildman–Crippen LogP) is 11.2. The van der Waals surface area contributed by atoms with Gasteiger partial charge in [0, 0.05) is 23.0 Å². The van der Waals surface area contributed by atoms with Crippen molar-refractivity contribution in [3.05, 3.63) is 156 Å². The largest absolute Gasteiger partial charge is 0.456 e. The van der Waals surface area contributed by atoms with E-state index >= 15 is 0 Å². The SMILES string of the molecule is CC1(C)c2ccccc2-c2ccc(-c3cccc4c3Oc3cccc(-c5ccc6c(ccc7ccccc76)c5)c3C(=O)C4)cc21. The summed E-state index contributed by atoms with van der Waals surface area (Å²) >= 11 is 0. The van der Waals surface area contributed by atoms with Crippen LogP contribution in [0.2, 0.25) is 0 Å². The summed E-state index contributed by atoms with van der Waals surface area (Å²) in [5.74, 6) is 1.44. The number of benzene rings is 7. The Morgan fingerprint density at radius 2 is 1.24 bits per heavy atom. The first kappa shape index (κ1) is 26.0. The van der Waals surface area contributed by atoms with Crippen LogP contribution in [0.15, 0.2) is 133 Å². The molecular formula is C43H30O2. The van der Waals surface area contributed by atoms with Gasteiger partial charge < -0.3 is 4.74 Å². The fourth-order valence-corrected chi connectivity index (χ4v) is 7.64. The Labute approximate surface area is 262 Å². The molecule has 1 heterocycles. The number of ether oxygens (including phenoxy) is 1. The topological polar surface area (TPSA) is 26.3 Å². The second-order valence-corrected chi connectivity index (χ2v) is 12.8. The van der Waals surface area contributed by atoms with E-state index in [0.29, 0.717) is 11.3 Å². The second-order valence-electron chi connectivity index (χ2n) is 12.8. The van der Waals surface area contributed by atoms with E-state index in [9.17, 15) is 4.79 Å². The number of carbonyl (C=O) groups excluding carboxylic acids is 1. The molecule has 214 valence electrons. The third kappa shape index (κ3) is 3.85. The van der Waals surface area contributed by atoms with Crippen molar-refractivity contribution >= 4 is 27.3 Å². The number of hydrogen-bond donors (Lipinski definition) is 0. The van der Waals surface area contributed by atoms with E-state index in [2.05, 4.69) is 117 Å². The van der Waals surface area contributed by atoms with Crippen LogP contribution in [0.3, 0.4) is 0 Å². The van der Waals surface area contributed by atoms with Crippen molar-refractivity contribution in [2.24, 2.45) is 0 Å². The van der Waals surface area contributed by atoms with Gasteiger partial charge in [0.1, 0.15) is 11.5 Å². The Morgan fingerprint density at radius 1 is 0.556 bits per heavy atom. The lowest BCUT2D eigenvalue weighted by atomic mass is 9.81. The van der Waals surface area contributed by atoms with E-state index < -0.39 is 0 Å². The minimum Gasteiger partial charge on any atom is -0.456 e. The van der Waals surface area contributed by atoms with Crippen molar-refractivity contribution < 1.29 is 9.53 Å². The van der Waals surface area contributed by atoms with E-state index in [4.69, 9.17) is 4.74 Å². The summed E-state index contributed by atoms with van der Waals surface area (Å²) in [7, 11) is 0. The van der Waals surface area contributed by atoms with Crippen LogP contribution in [-0.2, 0) is 11.8 Å². The summed E-state index contributed by atoms with van der Waals surface area (Å²) in [4.78, 5) is 14.0. The molecule has 0 unspecified atom stereocenters. The monoisotopic (exact) mass is 578 g/mol. The first-order chi connectivity index (χ1) is 22.0. The van der Waals surface area contributed by atoms with Crippen molar-refractivity contribution in [2.45, 2.75) is 25.7 Å². The maximum Gasteiger partial charge on any atom is 0.171 e. The number of hydrogen-bond acceptors (Lipinski definition) is 2. The van der Waals surface area contributed by atoms with E-state index in [-0.39, 0.29) is 17.6 Å². The van der Waals surface area contributed by atoms with Crippen LogP contribution in [0.25, 0.3) is 54.9 Å². The minimum atomic E-state index is -0.0991. The molecule has 45 heavy (non-hydrogen) atoms. The Bertz CT molecular complexity index is 2380. The molecule has 2 nitrogen and oxygen atoms in total. The number of fused-ring (bicyclic) bond motifs is 8. The maximum absolute atomic E-state index is 14.0. The van der Waals surface area contributed by atoms with Gasteiger partial charge in [-0.2, -0.15) is 0 Å². The maximum atomic E-state index is 14.0. The average Bonchev–Trinajstić information content (AvgIpc) is 3.19. The van der Waals surface area contributed by atoms with Crippen molar-refractivity contribution in [1.82, 2.24) is 0 Å². The molecule has 0 bridgehead atoms. The molecule has 7 aromatic rings. The summed E-state index contributed by atoms with van der Waals surface area (Å²) in [5.41, 5.74) is 10.7. The zero-order valence-electron chi connectivity index (χ0n) is 25.2. The van der Waals surface area contributed by atoms with Gasteiger partial charge in [-0.15, -0.1) is 0 Å². The Morgan fingerprint density at radius 3 is 2.18 bits per heavy atom. The summed E-state index contributed by atoms with van der Waals surface area (Å²) in [5, 5.41) is 4.81. The van der Waals surface area contributed by atoms with Gasteiger partial charge in [-0.3, -0.25) is 4.79 Å². The molecule has 2 aliphatic rings. The molecule has 0 atom stereocenters. The lowest BCUT2D eigenvalue weighted by molar-refractivity contribution is 0.0994. The number of rotatable bonds is 2. The molecule has 0 saturated heterocycles. The van der Waals surface area contributed by atoms with Gasteiger partial charge in [0.15, 0.2) is 5.78 Å².